The van der Waals surface area contributed by atoms with E-state index in [1.54, 1.807) is 0 Å². The van der Waals surface area contributed by atoms with E-state index in [0.717, 1.165) is 0 Å². The molecule has 0 heterocycles. The number of hydrogen-bond donors (Lipinski definition) is 0. The fraction of sp³-hybridized carbons (Fsp3) is 0.376. The first-order valence-electron chi connectivity index (χ1n) is 35.0. The molecule has 488 valence electrons. The highest BCUT2D eigenvalue weighted by molar-refractivity contribution is 7.14. The Bertz CT molecular complexity index is 4000. The molecule has 0 spiro atoms. The van der Waals surface area contributed by atoms with Gasteiger partial charge in [0.1, 0.15) is 0 Å². The molecule has 0 amide bonds. The summed E-state index contributed by atoms with van der Waals surface area (Å²) in [5.74, 6) is 0. The Balaban J connectivity index is 1.63. The highest BCUT2D eigenvalue weighted by Gasteiger charge is 2.57. The lowest BCUT2D eigenvalue weighted by Crippen LogP contribution is -2.73. The molecule has 0 bridgehead atoms. The highest BCUT2D eigenvalue weighted by Crippen LogP contribution is 2.55. The molecule has 0 N–H and O–H groups in total. The minimum Gasteiger partial charge on any atom is -0.0730 e. The van der Waals surface area contributed by atoms with Crippen LogP contribution in [0.3, 0.4) is 0 Å². The number of rotatable bonds is 10. The van der Waals surface area contributed by atoms with Gasteiger partial charge < -0.3 is 0 Å². The number of hydrogen-bond acceptors (Lipinski definition) is 0. The molecule has 0 saturated carbocycles. The van der Waals surface area contributed by atoms with Crippen LogP contribution < -0.4 is 15.6 Å². The van der Waals surface area contributed by atoms with Gasteiger partial charge in [0.25, 0.3) is 0 Å². The van der Waals surface area contributed by atoms with E-state index >= 15 is 0 Å². The van der Waals surface area contributed by atoms with E-state index in [1.807, 2.05) is 0 Å². The van der Waals surface area contributed by atoms with Crippen LogP contribution in [0.15, 0.2) is 77.4 Å². The largest absolute Gasteiger partial charge is 0.161 e. The molecule has 0 aliphatic heterocycles. The van der Waals surface area contributed by atoms with Crippen molar-refractivity contribution in [3.8, 4) is 66.8 Å². The molecule has 94 heavy (non-hydrogen) atoms. The first kappa shape index (κ1) is 69.5. The minimum atomic E-state index is -3.82. The highest BCUT2D eigenvalue weighted by atomic mass is 28.3. The molecule has 1 unspecified atom stereocenters. The summed E-state index contributed by atoms with van der Waals surface area (Å²) in [4.78, 5) is 0. The summed E-state index contributed by atoms with van der Waals surface area (Å²) in [6.07, 6.45) is 2.78. The third-order valence-electron chi connectivity index (χ3n) is 27.0. The molecule has 1 aliphatic rings. The van der Waals surface area contributed by atoms with Gasteiger partial charge in [0, 0.05) is 5.04 Å². The van der Waals surface area contributed by atoms with Gasteiger partial charge >= 0.3 is 0 Å². The normalized spacial score (nSPS) is 14.3. The quantitative estimate of drug-likeness (QED) is 0.0946. The van der Waals surface area contributed by atoms with Crippen LogP contribution in [0.1, 0.15) is 195 Å². The average Bonchev–Trinajstić information content (AvgIpc) is 1.26. The Kier molecular flexibility index (Phi) is 18.0. The van der Waals surface area contributed by atoms with Gasteiger partial charge in [0.05, 0.1) is 0 Å². The Morgan fingerprint density at radius 2 is 0.330 bits per heavy atom. The molecule has 0 radical (unpaired) electrons. The lowest BCUT2D eigenvalue weighted by molar-refractivity contribution is 0.870. The molecule has 1 heteroatoms. The lowest BCUT2D eigenvalue weighted by atomic mass is 9.83. The zero-order valence-corrected chi connectivity index (χ0v) is 65.8. The maximum atomic E-state index is 2.78. The molecular formula is C93H112Si. The zero-order valence-electron chi connectivity index (χ0n) is 64.8. The van der Waals surface area contributed by atoms with Crippen molar-refractivity contribution in [1.29, 1.82) is 0 Å². The molecular weight excluding hydrogens is 1150 g/mol. The van der Waals surface area contributed by atoms with Crippen molar-refractivity contribution >= 4 is 23.6 Å². The molecule has 1 aliphatic carbocycles. The first-order valence-corrected chi connectivity index (χ1v) is 37.0. The summed E-state index contributed by atoms with van der Waals surface area (Å²) in [7, 11) is -3.82. The second kappa shape index (κ2) is 24.4. The smallest absolute Gasteiger partial charge is 0.0730 e. The van der Waals surface area contributed by atoms with Crippen molar-refractivity contribution in [3.63, 3.8) is 0 Å². The summed E-state index contributed by atoms with van der Waals surface area (Å²) in [5, 5.41) is 3.77. The van der Waals surface area contributed by atoms with E-state index < -0.39 is 13.1 Å². The second-order valence-electron chi connectivity index (χ2n) is 30.4. The van der Waals surface area contributed by atoms with Crippen LogP contribution in [0.5, 0.6) is 0 Å². The summed E-state index contributed by atoms with van der Waals surface area (Å²) < 4.78 is 0. The van der Waals surface area contributed by atoms with Gasteiger partial charge in [-0.2, -0.15) is 0 Å². The molecule has 0 fully saturated rings. The van der Waals surface area contributed by atoms with Gasteiger partial charge in [0.2, 0.25) is 0 Å². The van der Waals surface area contributed by atoms with Gasteiger partial charge in [-0.25, -0.2) is 0 Å². The first-order chi connectivity index (χ1) is 43.7. The molecule has 0 aromatic heterocycles. The van der Waals surface area contributed by atoms with E-state index in [1.165, 1.54) is 266 Å². The fourth-order valence-electron chi connectivity index (χ4n) is 18.1. The van der Waals surface area contributed by atoms with Gasteiger partial charge in [-0.3, -0.25) is 0 Å². The monoisotopic (exact) mass is 1260 g/mol. The maximum absolute atomic E-state index is 3.82. The van der Waals surface area contributed by atoms with Crippen molar-refractivity contribution in [1.82, 2.24) is 0 Å². The van der Waals surface area contributed by atoms with Crippen LogP contribution in [-0.4, -0.2) is 8.07 Å². The van der Waals surface area contributed by atoms with Gasteiger partial charge in [-0.1, -0.05) is 60.5 Å². The van der Waals surface area contributed by atoms with Crippen LogP contribution >= 0.6 is 0 Å². The second-order valence-corrected chi connectivity index (χ2v) is 34.7. The van der Waals surface area contributed by atoms with Gasteiger partial charge in [-0.15, -0.1) is 0 Å². The molecule has 1 atom stereocenters. The Labute approximate surface area is 571 Å². The minimum absolute atomic E-state index is 0.520. The Hall–Kier alpha value is -7.32. The topological polar surface area (TPSA) is 0 Å². The number of benzene rings is 9. The third-order valence-corrected chi connectivity index (χ3v) is 32.6. The Morgan fingerprint density at radius 3 is 0.457 bits per heavy atom. The van der Waals surface area contributed by atoms with Crippen molar-refractivity contribution in [2.45, 2.75) is 240 Å². The molecule has 9 aromatic rings. The molecule has 9 aromatic carbocycles. The maximum Gasteiger partial charge on any atom is 0.161 e. The van der Waals surface area contributed by atoms with Crippen molar-refractivity contribution in [3.05, 3.63) is 244 Å². The lowest BCUT2D eigenvalue weighted by Gasteiger charge is -2.48. The van der Waals surface area contributed by atoms with E-state index in [-0.39, 0.29) is 0 Å². The fourth-order valence-corrected chi connectivity index (χ4v) is 24.3. The summed E-state index contributed by atoms with van der Waals surface area (Å²) in [5.41, 5.74) is 61.4. The number of allylic oxidation sites excluding steroid dienone is 4. The molecule has 10 rings (SSSR count). The third kappa shape index (κ3) is 10.1. The zero-order chi connectivity index (χ0) is 69.8. The van der Waals surface area contributed by atoms with Crippen molar-refractivity contribution in [2.24, 2.45) is 0 Å². The summed E-state index contributed by atoms with van der Waals surface area (Å²) >= 11 is 0. The van der Waals surface area contributed by atoms with Crippen LogP contribution in [0.4, 0.5) is 0 Å². The SMILES string of the molecule is CC1=CC(C)([Si](c2cc(-c3c(C)c(C)c(C)c(C)c3C)cc(-c3c(C)c(C)c(C)c(C)c3C)c2)(c2cc(-c3c(C)c(C)c(C)c(C)c3C)cc(-c3c(C)c(C)c(C)c(C)c3C)c2)c2cc(-c3c(C)c(C)c(C)c(C)c3C)cc(-c3c(C)c(C)c(C)c(C)c3C)c2)C(C)=C1C. The summed E-state index contributed by atoms with van der Waals surface area (Å²) in [6, 6.07) is 24.5. The van der Waals surface area contributed by atoms with E-state index in [0.29, 0.717) is 0 Å². The van der Waals surface area contributed by atoms with Crippen molar-refractivity contribution in [2.75, 3.05) is 0 Å². The van der Waals surface area contributed by atoms with Crippen LogP contribution in [-0.2, 0) is 0 Å². The standard InChI is InChI=1S/C93H112Si/c1-45-44-93(34,77(33)46(45)2)94(84-38-78(87-65(21)53(9)47(3)54(10)66(87)22)35-79(39-84)88-67(23)55(11)48(4)56(12)68(88)24,85-40-80(89-69(25)57(13)49(5)58(14)70(89)26)36-81(41-85)90-71(27)59(15)50(6)60(16)72(90)28)86-42-82(91-73(29)61(17)51(7)62(18)74(91)30)37-83(43-86)92-75(31)63(19)52(8)64(20)76(92)32/h35-44H,1-34H3. The predicted octanol–water partition coefficient (Wildman–Crippen LogP) is 24.5. The van der Waals surface area contributed by atoms with Crippen LogP contribution in [0, 0.1) is 208 Å². The predicted molar refractivity (Wildman–Crippen MR) is 419 cm³/mol. The van der Waals surface area contributed by atoms with Crippen molar-refractivity contribution < 1.29 is 0 Å². The van der Waals surface area contributed by atoms with Gasteiger partial charge in [-0.05, 0) is 501 Å². The van der Waals surface area contributed by atoms with E-state index in [2.05, 4.69) is 296 Å². The Morgan fingerprint density at radius 1 is 0.191 bits per heavy atom. The van der Waals surface area contributed by atoms with Gasteiger partial charge in [0.15, 0.2) is 8.07 Å². The average molecular weight is 1260 g/mol. The molecule has 0 nitrogen and oxygen atoms in total. The summed E-state index contributed by atoms with van der Waals surface area (Å²) in [6.45, 7) is 81.3. The molecule has 0 saturated heterocycles. The van der Waals surface area contributed by atoms with E-state index in [9.17, 15) is 0 Å². The van der Waals surface area contributed by atoms with E-state index in [4.69, 9.17) is 0 Å². The van der Waals surface area contributed by atoms with Crippen LogP contribution in [0.2, 0.25) is 5.04 Å². The van der Waals surface area contributed by atoms with Crippen LogP contribution in [0.25, 0.3) is 66.8 Å².